The maximum Gasteiger partial charge on any atom is 0.355 e. The van der Waals surface area contributed by atoms with E-state index in [0.29, 0.717) is 29.9 Å². The summed E-state index contributed by atoms with van der Waals surface area (Å²) in [5.74, 6) is 1.02. The SMILES string of the molecule is Cl.Cl.Nc1nc2c(c(N3CCN(CCOCc4nc(C(=O)O)cs4)CC3)n1)CCc1cc(OCc3ccc(Cl)cc3)ccc1-2. The van der Waals surface area contributed by atoms with Crippen molar-refractivity contribution in [2.45, 2.75) is 26.1 Å². The molecule has 234 valence electrons. The second-order valence-electron chi connectivity index (χ2n) is 10.3. The molecule has 6 rings (SSSR count). The lowest BCUT2D eigenvalue weighted by Gasteiger charge is -2.37. The van der Waals surface area contributed by atoms with Gasteiger partial charge in [0.2, 0.25) is 5.95 Å². The summed E-state index contributed by atoms with van der Waals surface area (Å²) in [6.07, 6.45) is 1.72. The minimum atomic E-state index is -1.02. The number of halogens is 3. The van der Waals surface area contributed by atoms with E-state index in [1.807, 2.05) is 30.3 Å². The number of ether oxygens (including phenoxy) is 2. The van der Waals surface area contributed by atoms with E-state index in [1.54, 1.807) is 0 Å². The zero-order valence-electron chi connectivity index (χ0n) is 23.8. The van der Waals surface area contributed by atoms with Gasteiger partial charge in [0.05, 0.1) is 18.9 Å². The fourth-order valence-electron chi connectivity index (χ4n) is 5.32. The first kappa shape index (κ1) is 33.7. The molecule has 3 heterocycles. The van der Waals surface area contributed by atoms with Gasteiger partial charge in [-0.3, -0.25) is 4.90 Å². The Morgan fingerprint density at radius 3 is 2.50 bits per heavy atom. The van der Waals surface area contributed by atoms with Crippen molar-refractivity contribution in [1.82, 2.24) is 19.9 Å². The number of aromatic carboxylic acids is 1. The molecule has 0 saturated carbocycles. The maximum absolute atomic E-state index is 11.0. The largest absolute Gasteiger partial charge is 0.489 e. The number of carbonyl (C=O) groups is 1. The van der Waals surface area contributed by atoms with Gasteiger partial charge < -0.3 is 25.2 Å². The molecule has 0 unspecified atom stereocenters. The first-order valence-electron chi connectivity index (χ1n) is 13.8. The van der Waals surface area contributed by atoms with Crippen molar-refractivity contribution >= 4 is 65.5 Å². The number of fused-ring (bicyclic) bond motifs is 3. The van der Waals surface area contributed by atoms with Crippen LogP contribution in [0.1, 0.15) is 32.2 Å². The lowest BCUT2D eigenvalue weighted by Crippen LogP contribution is -2.48. The Hall–Kier alpha value is -3.19. The van der Waals surface area contributed by atoms with E-state index < -0.39 is 5.97 Å². The van der Waals surface area contributed by atoms with Crippen LogP contribution in [0.3, 0.4) is 0 Å². The number of hydrogen-bond acceptors (Lipinski definition) is 10. The standard InChI is InChI=1S/C30H31ClN6O4S.2ClH/c31-21-4-1-19(2-5-21)16-41-22-6-8-23-20(15-22)3-7-24-27(23)34-30(32)35-28(24)37-11-9-36(10-12-37)13-14-40-17-26-33-25(18-42-26)29(38)39;;/h1-2,4-6,8,15,18H,3,7,9-14,16-17H2,(H,38,39)(H2,32,34,35);2*1H. The summed E-state index contributed by atoms with van der Waals surface area (Å²) in [5, 5.41) is 11.9. The van der Waals surface area contributed by atoms with Crippen LogP contribution >= 0.6 is 47.8 Å². The highest BCUT2D eigenvalue weighted by Crippen LogP contribution is 2.38. The number of anilines is 2. The molecule has 0 radical (unpaired) electrons. The molecule has 3 N–H and O–H groups in total. The molecule has 0 atom stereocenters. The molecule has 10 nitrogen and oxygen atoms in total. The smallest absolute Gasteiger partial charge is 0.355 e. The number of carboxylic acids is 1. The fraction of sp³-hybridized carbons (Fsp3) is 0.333. The van der Waals surface area contributed by atoms with Crippen LogP contribution in [0.4, 0.5) is 11.8 Å². The second-order valence-corrected chi connectivity index (χ2v) is 11.7. The van der Waals surface area contributed by atoms with Crippen molar-refractivity contribution < 1.29 is 19.4 Å². The third kappa shape index (κ3) is 7.90. The zero-order valence-corrected chi connectivity index (χ0v) is 27.0. The highest BCUT2D eigenvalue weighted by Gasteiger charge is 2.27. The third-order valence-electron chi connectivity index (χ3n) is 7.52. The summed E-state index contributed by atoms with van der Waals surface area (Å²) in [6, 6.07) is 13.8. The van der Waals surface area contributed by atoms with Crippen molar-refractivity contribution in [1.29, 1.82) is 0 Å². The minimum absolute atomic E-state index is 0. The van der Waals surface area contributed by atoms with Crippen LogP contribution in [-0.4, -0.2) is 70.3 Å². The second kappa shape index (κ2) is 15.2. The van der Waals surface area contributed by atoms with Gasteiger partial charge in [0.25, 0.3) is 0 Å². The monoisotopic (exact) mass is 678 g/mol. The molecule has 44 heavy (non-hydrogen) atoms. The maximum atomic E-state index is 11.0. The first-order valence-corrected chi connectivity index (χ1v) is 15.1. The average molecular weight is 680 g/mol. The quantitative estimate of drug-likeness (QED) is 0.211. The molecule has 1 aliphatic heterocycles. The summed E-state index contributed by atoms with van der Waals surface area (Å²) in [4.78, 5) is 29.1. The number of piperazine rings is 1. The number of hydrogen-bond donors (Lipinski definition) is 2. The molecule has 14 heteroatoms. The molecule has 4 aromatic rings. The number of benzene rings is 2. The summed E-state index contributed by atoms with van der Waals surface area (Å²) in [7, 11) is 0. The Balaban J connectivity index is 0.00000221. The van der Waals surface area contributed by atoms with Crippen LogP contribution in [0.25, 0.3) is 11.3 Å². The predicted molar refractivity (Wildman–Crippen MR) is 177 cm³/mol. The molecular weight excluding hydrogens is 647 g/mol. The minimum Gasteiger partial charge on any atom is -0.489 e. The van der Waals surface area contributed by atoms with E-state index in [4.69, 9.17) is 31.9 Å². The van der Waals surface area contributed by atoms with Crippen LogP contribution in [0.2, 0.25) is 5.02 Å². The van der Waals surface area contributed by atoms with Crippen molar-refractivity contribution in [3.8, 4) is 17.0 Å². The van der Waals surface area contributed by atoms with E-state index >= 15 is 0 Å². The number of nitrogens with zero attached hydrogens (tertiary/aromatic N) is 5. The molecule has 1 fully saturated rings. The summed E-state index contributed by atoms with van der Waals surface area (Å²) in [5.41, 5.74) is 11.7. The van der Waals surface area contributed by atoms with Gasteiger partial charge in [0.15, 0.2) is 5.69 Å². The third-order valence-corrected chi connectivity index (χ3v) is 8.59. The number of aromatic nitrogens is 3. The van der Waals surface area contributed by atoms with Crippen molar-refractivity contribution in [3.05, 3.63) is 80.3 Å². The van der Waals surface area contributed by atoms with Gasteiger partial charge in [0.1, 0.15) is 23.2 Å². The Labute approximate surface area is 277 Å². The summed E-state index contributed by atoms with van der Waals surface area (Å²) >= 11 is 7.29. The van der Waals surface area contributed by atoms with Crippen LogP contribution in [0.5, 0.6) is 5.75 Å². The van der Waals surface area contributed by atoms with Crippen molar-refractivity contribution in [3.63, 3.8) is 0 Å². The molecule has 2 aromatic heterocycles. The Morgan fingerprint density at radius 2 is 1.77 bits per heavy atom. The normalized spacial score (nSPS) is 14.2. The zero-order chi connectivity index (χ0) is 29.1. The lowest BCUT2D eigenvalue weighted by atomic mass is 9.88. The summed E-state index contributed by atoms with van der Waals surface area (Å²) < 4.78 is 11.8. The number of rotatable bonds is 10. The molecule has 1 saturated heterocycles. The van der Waals surface area contributed by atoms with Crippen molar-refractivity contribution in [2.75, 3.05) is 50.0 Å². The van der Waals surface area contributed by atoms with E-state index in [0.717, 1.165) is 79.5 Å². The average Bonchev–Trinajstić information content (AvgIpc) is 3.48. The molecule has 2 aromatic carbocycles. The van der Waals surface area contributed by atoms with Crippen LogP contribution in [0, 0.1) is 0 Å². The number of nitrogens with two attached hydrogens (primary N) is 1. The molecule has 0 spiro atoms. The first-order chi connectivity index (χ1) is 20.4. The molecule has 0 amide bonds. The predicted octanol–water partition coefficient (Wildman–Crippen LogP) is 5.39. The number of carboxylic acid groups (broad SMARTS) is 1. The fourth-order valence-corrected chi connectivity index (χ4v) is 6.15. The van der Waals surface area contributed by atoms with Gasteiger partial charge in [-0.25, -0.2) is 14.8 Å². The van der Waals surface area contributed by atoms with Gasteiger partial charge in [-0.05, 0) is 54.3 Å². The van der Waals surface area contributed by atoms with Crippen LogP contribution in [0.15, 0.2) is 47.8 Å². The Morgan fingerprint density at radius 1 is 1.00 bits per heavy atom. The van der Waals surface area contributed by atoms with Gasteiger partial charge in [-0.1, -0.05) is 23.7 Å². The van der Waals surface area contributed by atoms with Gasteiger partial charge in [0, 0.05) is 54.3 Å². The van der Waals surface area contributed by atoms with E-state index in [2.05, 4.69) is 36.9 Å². The van der Waals surface area contributed by atoms with E-state index in [-0.39, 0.29) is 36.5 Å². The number of aryl methyl sites for hydroxylation is 1. The molecular formula is C30H33Cl3N6O4S. The Kier molecular flexibility index (Phi) is 11.6. The van der Waals surface area contributed by atoms with Gasteiger partial charge >= 0.3 is 5.97 Å². The summed E-state index contributed by atoms with van der Waals surface area (Å²) in [6.45, 7) is 5.58. The van der Waals surface area contributed by atoms with Crippen LogP contribution < -0.4 is 15.4 Å². The topological polar surface area (TPSA) is 127 Å². The van der Waals surface area contributed by atoms with E-state index in [1.165, 1.54) is 22.3 Å². The molecule has 1 aliphatic carbocycles. The van der Waals surface area contributed by atoms with Gasteiger partial charge in [-0.15, -0.1) is 36.2 Å². The number of thiazole rings is 1. The molecule has 0 bridgehead atoms. The van der Waals surface area contributed by atoms with Crippen molar-refractivity contribution in [2.24, 2.45) is 0 Å². The van der Waals surface area contributed by atoms with E-state index in [9.17, 15) is 4.79 Å². The lowest BCUT2D eigenvalue weighted by molar-refractivity contribution is 0.0689. The Bertz CT molecular complexity index is 1580. The van der Waals surface area contributed by atoms with Gasteiger partial charge in [-0.2, -0.15) is 4.98 Å². The molecule has 2 aliphatic rings. The highest BCUT2D eigenvalue weighted by molar-refractivity contribution is 7.09. The highest BCUT2D eigenvalue weighted by atomic mass is 35.5. The number of nitrogen functional groups attached to an aromatic ring is 1. The van der Waals surface area contributed by atoms with Crippen LogP contribution in [-0.2, 0) is 30.8 Å².